The number of esters is 1. The minimum absolute atomic E-state index is 0.188. The van der Waals surface area contributed by atoms with Gasteiger partial charge in [0.2, 0.25) is 0 Å². The minimum Gasteiger partial charge on any atom is -0.457 e. The SMILES string of the molecule is CCSCCC(=O)OC(CC)c1ccc(F)cc1. The molecule has 100 valence electrons. The van der Waals surface area contributed by atoms with Crippen molar-refractivity contribution >= 4 is 17.7 Å². The molecule has 0 spiro atoms. The molecule has 0 saturated carbocycles. The zero-order valence-corrected chi connectivity index (χ0v) is 11.6. The summed E-state index contributed by atoms with van der Waals surface area (Å²) in [6.07, 6.45) is 0.846. The largest absolute Gasteiger partial charge is 0.457 e. The lowest BCUT2D eigenvalue weighted by Gasteiger charge is -2.16. The fraction of sp³-hybridized carbons (Fsp3) is 0.500. The highest BCUT2D eigenvalue weighted by Gasteiger charge is 2.14. The molecule has 1 unspecified atom stereocenters. The molecule has 0 bridgehead atoms. The first-order valence-corrected chi connectivity index (χ1v) is 7.35. The lowest BCUT2D eigenvalue weighted by molar-refractivity contribution is -0.149. The molecule has 0 amide bonds. The third kappa shape index (κ3) is 5.08. The van der Waals surface area contributed by atoms with E-state index >= 15 is 0 Å². The van der Waals surface area contributed by atoms with E-state index in [-0.39, 0.29) is 17.9 Å². The average Bonchev–Trinajstić information content (AvgIpc) is 2.37. The van der Waals surface area contributed by atoms with Crippen LogP contribution in [0.1, 0.15) is 38.4 Å². The molecule has 0 N–H and O–H groups in total. The smallest absolute Gasteiger partial charge is 0.307 e. The van der Waals surface area contributed by atoms with Crippen LogP contribution in [-0.2, 0) is 9.53 Å². The summed E-state index contributed by atoms with van der Waals surface area (Å²) in [5.74, 6) is 1.32. The first kappa shape index (κ1) is 15.0. The van der Waals surface area contributed by atoms with Gasteiger partial charge in [-0.1, -0.05) is 26.0 Å². The van der Waals surface area contributed by atoms with Gasteiger partial charge in [0.05, 0.1) is 6.42 Å². The molecule has 2 nitrogen and oxygen atoms in total. The first-order valence-electron chi connectivity index (χ1n) is 6.20. The summed E-state index contributed by atoms with van der Waals surface area (Å²) in [6.45, 7) is 4.01. The number of carbonyl (C=O) groups excluding carboxylic acids is 1. The second-order valence-electron chi connectivity index (χ2n) is 3.89. The van der Waals surface area contributed by atoms with Gasteiger partial charge in [-0.25, -0.2) is 4.39 Å². The monoisotopic (exact) mass is 270 g/mol. The molecule has 0 radical (unpaired) electrons. The average molecular weight is 270 g/mol. The zero-order valence-electron chi connectivity index (χ0n) is 10.8. The van der Waals surface area contributed by atoms with E-state index in [0.29, 0.717) is 12.8 Å². The molecule has 0 aliphatic heterocycles. The molecule has 18 heavy (non-hydrogen) atoms. The van der Waals surface area contributed by atoms with Crippen molar-refractivity contribution in [2.75, 3.05) is 11.5 Å². The van der Waals surface area contributed by atoms with Crippen LogP contribution in [0, 0.1) is 5.82 Å². The van der Waals surface area contributed by atoms with Gasteiger partial charge in [0, 0.05) is 5.75 Å². The van der Waals surface area contributed by atoms with E-state index in [1.54, 1.807) is 23.9 Å². The summed E-state index contributed by atoms with van der Waals surface area (Å²) in [5.41, 5.74) is 0.843. The lowest BCUT2D eigenvalue weighted by Crippen LogP contribution is -2.11. The van der Waals surface area contributed by atoms with Gasteiger partial charge in [-0.3, -0.25) is 4.79 Å². The van der Waals surface area contributed by atoms with Crippen LogP contribution in [-0.4, -0.2) is 17.5 Å². The van der Waals surface area contributed by atoms with E-state index in [4.69, 9.17) is 4.74 Å². The number of thioether (sulfide) groups is 1. The van der Waals surface area contributed by atoms with Crippen LogP contribution in [0.25, 0.3) is 0 Å². The van der Waals surface area contributed by atoms with Crippen LogP contribution < -0.4 is 0 Å². The highest BCUT2D eigenvalue weighted by Crippen LogP contribution is 2.22. The molecule has 0 saturated heterocycles. The Kier molecular flexibility index (Phi) is 6.80. The van der Waals surface area contributed by atoms with E-state index in [1.807, 2.05) is 6.92 Å². The van der Waals surface area contributed by atoms with Gasteiger partial charge in [-0.2, -0.15) is 11.8 Å². The van der Waals surface area contributed by atoms with Crippen molar-refractivity contribution in [1.82, 2.24) is 0 Å². The summed E-state index contributed by atoms with van der Waals surface area (Å²) in [5, 5.41) is 0. The van der Waals surface area contributed by atoms with Crippen molar-refractivity contribution in [3.63, 3.8) is 0 Å². The Balaban J connectivity index is 2.51. The van der Waals surface area contributed by atoms with Crippen molar-refractivity contribution in [2.45, 2.75) is 32.8 Å². The molecule has 0 fully saturated rings. The molecule has 1 atom stereocenters. The van der Waals surface area contributed by atoms with Gasteiger partial charge in [0.1, 0.15) is 11.9 Å². The molecule has 0 aliphatic rings. The highest BCUT2D eigenvalue weighted by molar-refractivity contribution is 7.99. The number of ether oxygens (including phenoxy) is 1. The number of hydrogen-bond donors (Lipinski definition) is 0. The fourth-order valence-electron chi connectivity index (χ4n) is 1.58. The number of halogens is 1. The normalized spacial score (nSPS) is 12.2. The fourth-order valence-corrected chi connectivity index (χ4v) is 2.18. The van der Waals surface area contributed by atoms with E-state index in [9.17, 15) is 9.18 Å². The standard InChI is InChI=1S/C14H19FO2S/c1-3-13(11-5-7-12(15)8-6-11)17-14(16)9-10-18-4-2/h5-8,13H,3-4,9-10H2,1-2H3. The maximum atomic E-state index is 12.8. The predicted octanol–water partition coefficient (Wildman–Crippen LogP) is 3.96. The van der Waals surface area contributed by atoms with Crippen molar-refractivity contribution in [1.29, 1.82) is 0 Å². The third-order valence-corrected chi connectivity index (χ3v) is 3.44. The maximum absolute atomic E-state index is 12.8. The molecule has 1 aromatic carbocycles. The number of carbonyl (C=O) groups is 1. The molecule has 1 aromatic rings. The third-order valence-electron chi connectivity index (χ3n) is 2.54. The Morgan fingerprint density at radius 1 is 1.33 bits per heavy atom. The van der Waals surface area contributed by atoms with Crippen LogP contribution in [0.15, 0.2) is 24.3 Å². The zero-order chi connectivity index (χ0) is 13.4. The van der Waals surface area contributed by atoms with Crippen LogP contribution in [0.5, 0.6) is 0 Å². The Morgan fingerprint density at radius 3 is 2.56 bits per heavy atom. The van der Waals surface area contributed by atoms with Gasteiger partial charge in [-0.15, -0.1) is 0 Å². The number of benzene rings is 1. The van der Waals surface area contributed by atoms with Gasteiger partial charge < -0.3 is 4.74 Å². The summed E-state index contributed by atoms with van der Waals surface area (Å²) in [7, 11) is 0. The van der Waals surface area contributed by atoms with Crippen molar-refractivity contribution in [3.8, 4) is 0 Å². The van der Waals surface area contributed by atoms with Crippen molar-refractivity contribution < 1.29 is 13.9 Å². The van der Waals surface area contributed by atoms with Crippen LogP contribution >= 0.6 is 11.8 Å². The quantitative estimate of drug-likeness (QED) is 0.554. The summed E-state index contributed by atoms with van der Waals surface area (Å²) < 4.78 is 18.2. The highest BCUT2D eigenvalue weighted by atomic mass is 32.2. The predicted molar refractivity (Wildman–Crippen MR) is 73.1 cm³/mol. The van der Waals surface area contributed by atoms with E-state index in [1.165, 1.54) is 12.1 Å². The Bertz CT molecular complexity index is 365. The summed E-state index contributed by atoms with van der Waals surface area (Å²) in [4.78, 5) is 11.6. The lowest BCUT2D eigenvalue weighted by atomic mass is 10.1. The second-order valence-corrected chi connectivity index (χ2v) is 5.28. The van der Waals surface area contributed by atoms with Crippen molar-refractivity contribution in [2.24, 2.45) is 0 Å². The van der Waals surface area contributed by atoms with Crippen LogP contribution in [0.4, 0.5) is 4.39 Å². The molecular weight excluding hydrogens is 251 g/mol. The number of hydrogen-bond acceptors (Lipinski definition) is 3. The minimum atomic E-state index is -0.278. The van der Waals surface area contributed by atoms with Gasteiger partial charge >= 0.3 is 5.97 Å². The maximum Gasteiger partial charge on any atom is 0.307 e. The van der Waals surface area contributed by atoms with Gasteiger partial charge in [0.25, 0.3) is 0 Å². The van der Waals surface area contributed by atoms with Gasteiger partial charge in [-0.05, 0) is 29.9 Å². The Hall–Kier alpha value is -1.03. The Labute approximate surface area is 112 Å². The molecule has 4 heteroatoms. The van der Waals surface area contributed by atoms with E-state index in [0.717, 1.165) is 17.1 Å². The molecule has 0 aromatic heterocycles. The molecule has 0 heterocycles. The summed E-state index contributed by atoms with van der Waals surface area (Å²) >= 11 is 1.72. The Morgan fingerprint density at radius 2 is 2.00 bits per heavy atom. The summed E-state index contributed by atoms with van der Waals surface area (Å²) in [6, 6.07) is 6.10. The van der Waals surface area contributed by atoms with Crippen LogP contribution in [0.2, 0.25) is 0 Å². The number of rotatable bonds is 7. The molecule has 0 aliphatic carbocycles. The van der Waals surface area contributed by atoms with E-state index in [2.05, 4.69) is 6.92 Å². The van der Waals surface area contributed by atoms with Crippen molar-refractivity contribution in [3.05, 3.63) is 35.6 Å². The first-order chi connectivity index (χ1) is 8.67. The van der Waals surface area contributed by atoms with Crippen LogP contribution in [0.3, 0.4) is 0 Å². The molecular formula is C14H19FO2S. The topological polar surface area (TPSA) is 26.3 Å². The second kappa shape index (κ2) is 8.14. The molecule has 1 rings (SSSR count). The van der Waals surface area contributed by atoms with E-state index < -0.39 is 0 Å². The van der Waals surface area contributed by atoms with Gasteiger partial charge in [0.15, 0.2) is 0 Å².